The predicted molar refractivity (Wildman–Crippen MR) is 105 cm³/mol. The molecule has 140 valence electrons. The number of fused-ring (bicyclic) bond motifs is 4. The third-order valence-electron chi connectivity index (χ3n) is 6.55. The summed E-state index contributed by atoms with van der Waals surface area (Å²) >= 11 is 0. The van der Waals surface area contributed by atoms with Crippen molar-refractivity contribution in [1.82, 2.24) is 14.9 Å². The zero-order chi connectivity index (χ0) is 18.4. The standard InChI is InChI=1S/C22H26N4O/c1-15-19-12-17(7-8-20(19)24-14-23-15)22(27)25-9-4-10-26-18(13-25)11-16-5-2-3-6-21(16)26/h2-3,5-6,14,17-18H,4,7-13H2,1H3. The fraction of sp³-hybridized carbons (Fsp3) is 0.500. The molecular weight excluding hydrogens is 336 g/mol. The first-order chi connectivity index (χ1) is 13.2. The predicted octanol–water partition coefficient (Wildman–Crippen LogP) is 2.55. The number of aryl methyl sites for hydroxylation is 2. The number of nitrogens with zero attached hydrogens (tertiary/aromatic N) is 4. The highest BCUT2D eigenvalue weighted by Gasteiger charge is 2.36. The normalized spacial score (nSPS) is 24.0. The van der Waals surface area contributed by atoms with Crippen molar-refractivity contribution in [1.29, 1.82) is 0 Å². The molecule has 0 radical (unpaired) electrons. The Morgan fingerprint density at radius 1 is 1.15 bits per heavy atom. The van der Waals surface area contributed by atoms with E-state index in [1.54, 1.807) is 6.33 Å². The number of anilines is 1. The van der Waals surface area contributed by atoms with Gasteiger partial charge in [-0.1, -0.05) is 18.2 Å². The van der Waals surface area contributed by atoms with Gasteiger partial charge in [-0.3, -0.25) is 4.79 Å². The van der Waals surface area contributed by atoms with Gasteiger partial charge in [0.2, 0.25) is 5.91 Å². The van der Waals surface area contributed by atoms with Crippen LogP contribution in [0.15, 0.2) is 30.6 Å². The summed E-state index contributed by atoms with van der Waals surface area (Å²) in [5.74, 6) is 0.416. The topological polar surface area (TPSA) is 49.3 Å². The second-order valence-corrected chi connectivity index (χ2v) is 8.14. The highest BCUT2D eigenvalue weighted by Crippen LogP contribution is 2.34. The number of benzene rings is 1. The molecule has 2 aromatic rings. The van der Waals surface area contributed by atoms with Crippen molar-refractivity contribution in [3.8, 4) is 0 Å². The van der Waals surface area contributed by atoms with Crippen molar-refractivity contribution in [3.63, 3.8) is 0 Å². The van der Waals surface area contributed by atoms with Crippen LogP contribution in [0, 0.1) is 12.8 Å². The smallest absolute Gasteiger partial charge is 0.226 e. The fourth-order valence-corrected chi connectivity index (χ4v) is 5.13. The number of aromatic nitrogens is 2. The van der Waals surface area contributed by atoms with Crippen molar-refractivity contribution >= 4 is 11.6 Å². The van der Waals surface area contributed by atoms with E-state index in [0.717, 1.165) is 63.1 Å². The second-order valence-electron chi connectivity index (χ2n) is 8.14. The Bertz CT molecular complexity index is 880. The number of carbonyl (C=O) groups is 1. The monoisotopic (exact) mass is 362 g/mol. The summed E-state index contributed by atoms with van der Waals surface area (Å²) in [6, 6.07) is 9.14. The molecule has 5 nitrogen and oxygen atoms in total. The number of hydrogen-bond donors (Lipinski definition) is 0. The lowest BCUT2D eigenvalue weighted by atomic mass is 9.85. The van der Waals surface area contributed by atoms with Crippen LogP contribution in [0.3, 0.4) is 0 Å². The third-order valence-corrected chi connectivity index (χ3v) is 6.55. The van der Waals surface area contributed by atoms with Gasteiger partial charge in [-0.05, 0) is 56.2 Å². The molecule has 0 N–H and O–H groups in total. The molecule has 2 atom stereocenters. The molecule has 1 aliphatic carbocycles. The van der Waals surface area contributed by atoms with Gasteiger partial charge in [0.25, 0.3) is 0 Å². The Labute approximate surface area is 160 Å². The molecule has 5 heteroatoms. The summed E-state index contributed by atoms with van der Waals surface area (Å²) in [6.45, 7) is 4.81. The molecule has 2 unspecified atom stereocenters. The summed E-state index contributed by atoms with van der Waals surface area (Å²) < 4.78 is 0. The molecule has 0 bridgehead atoms. The Morgan fingerprint density at radius 3 is 2.96 bits per heavy atom. The van der Waals surface area contributed by atoms with Crippen LogP contribution in [0.1, 0.15) is 35.4 Å². The summed E-state index contributed by atoms with van der Waals surface area (Å²) in [7, 11) is 0. The zero-order valence-corrected chi connectivity index (χ0v) is 15.9. The lowest BCUT2D eigenvalue weighted by molar-refractivity contribution is -0.136. The van der Waals surface area contributed by atoms with Gasteiger partial charge in [0.1, 0.15) is 6.33 Å². The van der Waals surface area contributed by atoms with E-state index in [1.807, 2.05) is 6.92 Å². The highest BCUT2D eigenvalue weighted by molar-refractivity contribution is 5.80. The van der Waals surface area contributed by atoms with Gasteiger partial charge in [-0.15, -0.1) is 0 Å². The molecule has 1 aromatic carbocycles. The molecule has 1 saturated heterocycles. The summed E-state index contributed by atoms with van der Waals surface area (Å²) in [5.41, 5.74) is 6.17. The molecule has 3 aliphatic rings. The lowest BCUT2D eigenvalue weighted by Gasteiger charge is -2.31. The second kappa shape index (κ2) is 6.63. The van der Waals surface area contributed by atoms with Gasteiger partial charge in [0.05, 0.1) is 6.04 Å². The van der Waals surface area contributed by atoms with Crippen LogP contribution >= 0.6 is 0 Å². The lowest BCUT2D eigenvalue weighted by Crippen LogP contribution is -2.44. The minimum absolute atomic E-state index is 0.0810. The first-order valence-corrected chi connectivity index (χ1v) is 10.1. The Balaban J connectivity index is 1.33. The van der Waals surface area contributed by atoms with E-state index in [4.69, 9.17) is 0 Å². The van der Waals surface area contributed by atoms with Crippen molar-refractivity contribution < 1.29 is 4.79 Å². The number of hydrogen-bond acceptors (Lipinski definition) is 4. The molecule has 2 aliphatic heterocycles. The highest BCUT2D eigenvalue weighted by atomic mass is 16.2. The summed E-state index contributed by atoms with van der Waals surface area (Å²) in [5, 5.41) is 0. The number of rotatable bonds is 1. The average Bonchev–Trinajstić information content (AvgIpc) is 2.90. The molecule has 3 heterocycles. The van der Waals surface area contributed by atoms with Gasteiger partial charge < -0.3 is 9.80 Å². The fourth-order valence-electron chi connectivity index (χ4n) is 5.13. The van der Waals surface area contributed by atoms with E-state index >= 15 is 0 Å². The quantitative estimate of drug-likeness (QED) is 0.782. The maximum Gasteiger partial charge on any atom is 0.226 e. The van der Waals surface area contributed by atoms with Gasteiger partial charge in [-0.25, -0.2) is 9.97 Å². The average molecular weight is 362 g/mol. The van der Waals surface area contributed by atoms with Gasteiger partial charge in [0.15, 0.2) is 0 Å². The van der Waals surface area contributed by atoms with Gasteiger partial charge >= 0.3 is 0 Å². The zero-order valence-electron chi connectivity index (χ0n) is 15.9. The van der Waals surface area contributed by atoms with E-state index in [1.165, 1.54) is 16.8 Å². The number of carbonyl (C=O) groups excluding carboxylic acids is 1. The molecule has 27 heavy (non-hydrogen) atoms. The van der Waals surface area contributed by atoms with Crippen molar-refractivity contribution in [3.05, 3.63) is 53.1 Å². The van der Waals surface area contributed by atoms with Crippen LogP contribution < -0.4 is 4.90 Å². The van der Waals surface area contributed by atoms with Crippen molar-refractivity contribution in [2.45, 2.75) is 45.1 Å². The van der Waals surface area contributed by atoms with E-state index in [2.05, 4.69) is 44.0 Å². The Kier molecular flexibility index (Phi) is 4.10. The molecule has 0 spiro atoms. The molecule has 5 rings (SSSR count). The summed E-state index contributed by atoms with van der Waals surface area (Å²) in [4.78, 5) is 26.8. The SMILES string of the molecule is Cc1ncnc2c1CC(C(=O)N1CCCN3c4ccccc4CC3C1)CC2. The van der Waals surface area contributed by atoms with Crippen LogP contribution in [-0.4, -0.2) is 46.5 Å². The maximum atomic E-state index is 13.4. The van der Waals surface area contributed by atoms with E-state index < -0.39 is 0 Å². The van der Waals surface area contributed by atoms with Gasteiger partial charge in [0, 0.05) is 42.6 Å². The minimum atomic E-state index is 0.0810. The van der Waals surface area contributed by atoms with Crippen LogP contribution in [0.25, 0.3) is 0 Å². The van der Waals surface area contributed by atoms with Crippen molar-refractivity contribution in [2.75, 3.05) is 24.5 Å². The largest absolute Gasteiger partial charge is 0.366 e. The van der Waals surface area contributed by atoms with Crippen LogP contribution in [0.2, 0.25) is 0 Å². The maximum absolute atomic E-state index is 13.4. The molecule has 1 amide bonds. The first-order valence-electron chi connectivity index (χ1n) is 10.1. The minimum Gasteiger partial charge on any atom is -0.366 e. The van der Waals surface area contributed by atoms with Crippen molar-refractivity contribution in [2.24, 2.45) is 5.92 Å². The number of para-hydroxylation sites is 1. The summed E-state index contributed by atoms with van der Waals surface area (Å²) in [6.07, 6.45) is 6.35. The molecular formula is C22H26N4O. The van der Waals surface area contributed by atoms with E-state index in [9.17, 15) is 4.79 Å². The Hall–Kier alpha value is -2.43. The van der Waals surface area contributed by atoms with Crippen LogP contribution in [-0.2, 0) is 24.1 Å². The number of amides is 1. The van der Waals surface area contributed by atoms with Crippen LogP contribution in [0.5, 0.6) is 0 Å². The Morgan fingerprint density at radius 2 is 2.04 bits per heavy atom. The van der Waals surface area contributed by atoms with E-state index in [0.29, 0.717) is 11.9 Å². The van der Waals surface area contributed by atoms with Crippen LogP contribution in [0.4, 0.5) is 5.69 Å². The first kappa shape index (κ1) is 16.7. The molecule has 1 aromatic heterocycles. The van der Waals surface area contributed by atoms with Gasteiger partial charge in [-0.2, -0.15) is 0 Å². The third kappa shape index (κ3) is 2.89. The molecule has 0 saturated carbocycles. The molecule has 1 fully saturated rings. The van der Waals surface area contributed by atoms with E-state index in [-0.39, 0.29) is 5.92 Å².